The summed E-state index contributed by atoms with van der Waals surface area (Å²) < 4.78 is 34.4. The molecule has 0 amide bonds. The minimum atomic E-state index is -0.646. The molecule has 2 saturated heterocycles. The Morgan fingerprint density at radius 1 is 0.308 bits per heavy atom. The number of carbonyl (C=O) groups excluding carboxylic acids is 6. The third-order valence-corrected chi connectivity index (χ3v) is 15.8. The quantitative estimate of drug-likeness (QED) is 0.0748. The molecular weight excluding hydrogens is 1020 g/mol. The predicted molar refractivity (Wildman–Crippen MR) is 301 cm³/mol. The lowest BCUT2D eigenvalue weighted by Gasteiger charge is -2.19. The standard InChI is InChI=1S/C38H28O6S.C26H22O6S/c39-36(30-16-13-24-7-1-4-10-27(24)19-30)42-23-34-33(43-37(40)31-17-14-25-8-2-5-11-28(25)20-31)22-35(45-34)44-38(41)32-18-15-26-9-3-6-12-29(26)21-32;27-24(18-10-4-1-5-11-18)30-17-22-21(31-25(28)19-12-6-2-7-13-19)16-23(33-22)32-26(29)20-14-8-3-9-15-20/h1-21,33-35H,22-23H2;1-15,21-23H,16-17H2/t33-,34-,35?;21-,22-,23?/m00/s1. The normalized spacial score (nSPS) is 18.5. The highest BCUT2D eigenvalue weighted by molar-refractivity contribution is 8.01. The van der Waals surface area contributed by atoms with E-state index in [0.717, 1.165) is 32.3 Å². The largest absolute Gasteiger partial charge is 0.461 e. The average molecular weight is 1080 g/mol. The van der Waals surface area contributed by atoms with Crippen molar-refractivity contribution in [3.63, 3.8) is 0 Å². The van der Waals surface area contributed by atoms with Crippen molar-refractivity contribution >= 4 is 91.7 Å². The molecule has 2 aliphatic heterocycles. The van der Waals surface area contributed by atoms with Crippen molar-refractivity contribution in [1.29, 1.82) is 0 Å². The molecule has 9 aromatic carbocycles. The highest BCUT2D eigenvalue weighted by atomic mass is 32.2. The first kappa shape index (κ1) is 52.7. The molecular formula is C64H50O12S2. The first-order chi connectivity index (χ1) is 38.1. The van der Waals surface area contributed by atoms with Crippen molar-refractivity contribution in [2.75, 3.05) is 13.2 Å². The van der Waals surface area contributed by atoms with Gasteiger partial charge in [0.15, 0.2) is 10.9 Å². The summed E-state index contributed by atoms with van der Waals surface area (Å²) in [7, 11) is 0. The van der Waals surface area contributed by atoms with Gasteiger partial charge in [-0.05, 0) is 105 Å². The average Bonchev–Trinajstić information content (AvgIpc) is 4.06. The summed E-state index contributed by atoms with van der Waals surface area (Å²) in [5.41, 5.74) is 1.45. The van der Waals surface area contributed by atoms with Crippen LogP contribution in [0.1, 0.15) is 75.0 Å². The SMILES string of the molecule is O=C(OC[C@@H]1SC(OC(=O)c2ccc3ccccc3c2)C[C@@H]1OC(=O)c1ccc2ccccc2c1)c1ccc2ccccc2c1.O=C(OC[C@@H]1SC(OC(=O)c2ccccc2)C[C@@H]1OC(=O)c1ccccc1)c1ccccc1. The molecule has 2 aliphatic rings. The fourth-order valence-electron chi connectivity index (χ4n) is 8.99. The lowest BCUT2D eigenvalue weighted by molar-refractivity contribution is 0.0113. The lowest BCUT2D eigenvalue weighted by Crippen LogP contribution is -2.29. The number of benzene rings is 9. The van der Waals surface area contributed by atoms with Crippen LogP contribution in [0.4, 0.5) is 0 Å². The number of ether oxygens (including phenoxy) is 6. The Labute approximate surface area is 457 Å². The first-order valence-corrected chi connectivity index (χ1v) is 27.1. The molecule has 11 rings (SSSR count). The van der Waals surface area contributed by atoms with Gasteiger partial charge in [-0.1, -0.05) is 146 Å². The van der Waals surface area contributed by atoms with E-state index in [1.807, 2.05) is 109 Å². The molecule has 0 aromatic heterocycles. The van der Waals surface area contributed by atoms with E-state index in [1.54, 1.807) is 109 Å². The zero-order chi connectivity index (χ0) is 53.8. The van der Waals surface area contributed by atoms with E-state index in [0.29, 0.717) is 39.8 Å². The van der Waals surface area contributed by atoms with Gasteiger partial charge in [0.1, 0.15) is 25.4 Å². The van der Waals surface area contributed by atoms with E-state index in [2.05, 4.69) is 0 Å². The zero-order valence-corrected chi connectivity index (χ0v) is 43.4. The minimum Gasteiger partial charge on any atom is -0.461 e. The summed E-state index contributed by atoms with van der Waals surface area (Å²) in [6.45, 7) is 0.000533. The molecule has 12 nitrogen and oxygen atoms in total. The molecule has 2 heterocycles. The van der Waals surface area contributed by atoms with Gasteiger partial charge in [-0.2, -0.15) is 0 Å². The van der Waals surface area contributed by atoms with Crippen LogP contribution in [0, 0.1) is 0 Å². The summed E-state index contributed by atoms with van der Waals surface area (Å²) in [5, 5.41) is 5.06. The van der Waals surface area contributed by atoms with Crippen LogP contribution >= 0.6 is 23.5 Å². The molecule has 2 unspecified atom stereocenters. The van der Waals surface area contributed by atoms with Crippen LogP contribution < -0.4 is 0 Å². The maximum absolute atomic E-state index is 13.3. The van der Waals surface area contributed by atoms with E-state index in [1.165, 1.54) is 23.5 Å². The van der Waals surface area contributed by atoms with Gasteiger partial charge in [-0.25, -0.2) is 28.8 Å². The monoisotopic (exact) mass is 1070 g/mol. The van der Waals surface area contributed by atoms with E-state index < -0.39 is 64.1 Å². The summed E-state index contributed by atoms with van der Waals surface area (Å²) in [6, 6.07) is 65.6. The van der Waals surface area contributed by atoms with Crippen LogP contribution in [0.3, 0.4) is 0 Å². The predicted octanol–water partition coefficient (Wildman–Crippen LogP) is 13.0. The third kappa shape index (κ3) is 13.3. The van der Waals surface area contributed by atoms with Crippen molar-refractivity contribution in [2.24, 2.45) is 0 Å². The number of hydrogen-bond acceptors (Lipinski definition) is 14. The van der Waals surface area contributed by atoms with Gasteiger partial charge in [0.25, 0.3) is 0 Å². The molecule has 2 fully saturated rings. The fraction of sp³-hybridized carbons (Fsp3) is 0.156. The number of carbonyl (C=O) groups is 6. The number of thioether (sulfide) groups is 2. The summed E-state index contributed by atoms with van der Waals surface area (Å²) in [4.78, 5) is 77.0. The second-order valence-corrected chi connectivity index (χ2v) is 21.2. The summed E-state index contributed by atoms with van der Waals surface area (Å²) >= 11 is 2.65. The first-order valence-electron chi connectivity index (χ1n) is 25.2. The summed E-state index contributed by atoms with van der Waals surface area (Å²) in [6.07, 6.45) is -0.663. The minimum absolute atomic E-state index is 0.0178. The maximum Gasteiger partial charge on any atom is 0.339 e. The second-order valence-electron chi connectivity index (χ2n) is 18.4. The smallest absolute Gasteiger partial charge is 0.339 e. The van der Waals surface area contributed by atoms with Gasteiger partial charge in [0.2, 0.25) is 0 Å². The van der Waals surface area contributed by atoms with E-state index in [-0.39, 0.29) is 24.9 Å². The van der Waals surface area contributed by atoms with Crippen LogP contribution in [0.25, 0.3) is 32.3 Å². The zero-order valence-electron chi connectivity index (χ0n) is 41.8. The fourth-order valence-corrected chi connectivity index (χ4v) is 11.6. The number of fused-ring (bicyclic) bond motifs is 3. The highest BCUT2D eigenvalue weighted by Crippen LogP contribution is 2.40. The molecule has 0 N–H and O–H groups in total. The number of esters is 6. The molecule has 0 bridgehead atoms. The van der Waals surface area contributed by atoms with Crippen LogP contribution in [0.2, 0.25) is 0 Å². The van der Waals surface area contributed by atoms with Gasteiger partial charge in [0, 0.05) is 12.8 Å². The Morgan fingerprint density at radius 3 is 0.974 bits per heavy atom. The van der Waals surface area contributed by atoms with Crippen LogP contribution in [0.15, 0.2) is 218 Å². The van der Waals surface area contributed by atoms with Gasteiger partial charge >= 0.3 is 35.8 Å². The highest BCUT2D eigenvalue weighted by Gasteiger charge is 2.42. The number of rotatable bonds is 14. The Kier molecular flexibility index (Phi) is 16.9. The van der Waals surface area contributed by atoms with Crippen molar-refractivity contribution in [3.8, 4) is 0 Å². The molecule has 78 heavy (non-hydrogen) atoms. The van der Waals surface area contributed by atoms with Gasteiger partial charge in [0.05, 0.1) is 43.9 Å². The molecule has 0 radical (unpaired) electrons. The van der Waals surface area contributed by atoms with Crippen LogP contribution in [-0.4, -0.2) is 82.6 Å². The van der Waals surface area contributed by atoms with Crippen LogP contribution in [0.5, 0.6) is 0 Å². The second kappa shape index (κ2) is 25.0. The lowest BCUT2D eigenvalue weighted by atomic mass is 10.1. The summed E-state index contributed by atoms with van der Waals surface area (Å²) in [5.74, 6) is -2.82. The Morgan fingerprint density at radius 2 is 0.590 bits per heavy atom. The molecule has 6 atom stereocenters. The molecule has 14 heteroatoms. The van der Waals surface area contributed by atoms with Gasteiger partial charge in [-0.15, -0.1) is 23.5 Å². The third-order valence-electron chi connectivity index (χ3n) is 13.1. The van der Waals surface area contributed by atoms with Crippen molar-refractivity contribution in [1.82, 2.24) is 0 Å². The van der Waals surface area contributed by atoms with Crippen molar-refractivity contribution in [2.45, 2.75) is 46.4 Å². The Bertz CT molecular complexity index is 3610. The molecule has 390 valence electrons. The Balaban J connectivity index is 0.000000186. The van der Waals surface area contributed by atoms with Gasteiger partial charge < -0.3 is 28.4 Å². The molecule has 0 aliphatic carbocycles. The number of hydrogen-bond donors (Lipinski definition) is 0. The van der Waals surface area contributed by atoms with E-state index >= 15 is 0 Å². The van der Waals surface area contributed by atoms with Crippen molar-refractivity contribution in [3.05, 3.63) is 252 Å². The van der Waals surface area contributed by atoms with Crippen molar-refractivity contribution < 1.29 is 57.2 Å². The van der Waals surface area contributed by atoms with Crippen LogP contribution in [-0.2, 0) is 28.4 Å². The molecule has 9 aromatic rings. The molecule has 0 saturated carbocycles. The Hall–Kier alpha value is -8.72. The topological polar surface area (TPSA) is 158 Å². The van der Waals surface area contributed by atoms with Gasteiger partial charge in [-0.3, -0.25) is 0 Å². The van der Waals surface area contributed by atoms with E-state index in [4.69, 9.17) is 28.4 Å². The maximum atomic E-state index is 13.3. The van der Waals surface area contributed by atoms with E-state index in [9.17, 15) is 28.8 Å². The molecule has 0 spiro atoms.